The SMILES string of the molecule is CCC(CN)c1ncc(-c2ccc(OC)cc2)[nH]1. The van der Waals surface area contributed by atoms with Crippen molar-refractivity contribution in [2.75, 3.05) is 13.7 Å². The van der Waals surface area contributed by atoms with Crippen LogP contribution in [-0.2, 0) is 0 Å². The van der Waals surface area contributed by atoms with Gasteiger partial charge in [-0.2, -0.15) is 0 Å². The minimum atomic E-state index is 0.303. The number of nitrogens with zero attached hydrogens (tertiary/aromatic N) is 1. The molecule has 0 amide bonds. The molecular weight excluding hydrogens is 226 g/mol. The molecule has 0 aliphatic rings. The highest BCUT2D eigenvalue weighted by Gasteiger charge is 2.11. The summed E-state index contributed by atoms with van der Waals surface area (Å²) < 4.78 is 5.14. The molecular formula is C14H19N3O. The van der Waals surface area contributed by atoms with E-state index in [4.69, 9.17) is 10.5 Å². The number of ether oxygens (including phenoxy) is 1. The van der Waals surface area contributed by atoms with Crippen LogP contribution in [0.5, 0.6) is 5.75 Å². The third-order valence-electron chi connectivity index (χ3n) is 3.16. The van der Waals surface area contributed by atoms with Crippen molar-refractivity contribution in [2.45, 2.75) is 19.3 Å². The maximum Gasteiger partial charge on any atom is 0.118 e. The van der Waals surface area contributed by atoms with Crippen LogP contribution in [0, 0.1) is 0 Å². The van der Waals surface area contributed by atoms with Gasteiger partial charge in [-0.25, -0.2) is 4.98 Å². The normalized spacial score (nSPS) is 12.4. The van der Waals surface area contributed by atoms with Crippen molar-refractivity contribution in [3.8, 4) is 17.0 Å². The van der Waals surface area contributed by atoms with Gasteiger partial charge in [0.25, 0.3) is 0 Å². The zero-order valence-corrected chi connectivity index (χ0v) is 10.8. The number of hydrogen-bond donors (Lipinski definition) is 2. The molecule has 0 bridgehead atoms. The second-order valence-electron chi connectivity index (χ2n) is 4.25. The van der Waals surface area contributed by atoms with Crippen molar-refractivity contribution in [3.05, 3.63) is 36.3 Å². The maximum atomic E-state index is 5.72. The van der Waals surface area contributed by atoms with Crippen molar-refractivity contribution >= 4 is 0 Å². The molecule has 0 fully saturated rings. The Morgan fingerprint density at radius 1 is 1.33 bits per heavy atom. The lowest BCUT2D eigenvalue weighted by Gasteiger charge is -2.08. The van der Waals surface area contributed by atoms with Gasteiger partial charge in [0.05, 0.1) is 19.0 Å². The summed E-state index contributed by atoms with van der Waals surface area (Å²) in [6, 6.07) is 7.91. The molecule has 96 valence electrons. The van der Waals surface area contributed by atoms with Crippen LogP contribution >= 0.6 is 0 Å². The first-order chi connectivity index (χ1) is 8.78. The summed E-state index contributed by atoms with van der Waals surface area (Å²) in [5.74, 6) is 2.12. The predicted octanol–water partition coefficient (Wildman–Crippen LogP) is 2.54. The molecule has 2 aromatic rings. The van der Waals surface area contributed by atoms with Gasteiger partial charge in [0, 0.05) is 12.5 Å². The average Bonchev–Trinajstić information content (AvgIpc) is 2.90. The van der Waals surface area contributed by atoms with Crippen LogP contribution in [0.3, 0.4) is 0 Å². The van der Waals surface area contributed by atoms with E-state index in [1.807, 2.05) is 30.5 Å². The summed E-state index contributed by atoms with van der Waals surface area (Å²) in [5, 5.41) is 0. The van der Waals surface area contributed by atoms with Crippen LogP contribution in [0.4, 0.5) is 0 Å². The third-order valence-corrected chi connectivity index (χ3v) is 3.16. The zero-order valence-electron chi connectivity index (χ0n) is 10.8. The standard InChI is InChI=1S/C14H19N3O/c1-3-10(8-15)14-16-9-13(17-14)11-4-6-12(18-2)7-5-11/h4-7,9-10H,3,8,15H2,1-2H3,(H,16,17). The van der Waals surface area contributed by atoms with E-state index in [2.05, 4.69) is 16.9 Å². The van der Waals surface area contributed by atoms with Crippen LogP contribution in [0.1, 0.15) is 25.1 Å². The summed E-state index contributed by atoms with van der Waals surface area (Å²) in [4.78, 5) is 7.75. The largest absolute Gasteiger partial charge is 0.497 e. The van der Waals surface area contributed by atoms with E-state index in [0.717, 1.165) is 29.3 Å². The van der Waals surface area contributed by atoms with Crippen molar-refractivity contribution in [1.29, 1.82) is 0 Å². The number of nitrogens with two attached hydrogens (primary N) is 1. The minimum absolute atomic E-state index is 0.303. The number of H-pyrrole nitrogens is 1. The van der Waals surface area contributed by atoms with Gasteiger partial charge in [-0.15, -0.1) is 0 Å². The molecule has 0 saturated heterocycles. The Balaban J connectivity index is 2.23. The first-order valence-electron chi connectivity index (χ1n) is 6.17. The molecule has 1 unspecified atom stereocenters. The Kier molecular flexibility index (Phi) is 3.99. The molecule has 4 heteroatoms. The van der Waals surface area contributed by atoms with E-state index in [0.29, 0.717) is 12.5 Å². The number of hydrogen-bond acceptors (Lipinski definition) is 3. The molecule has 0 radical (unpaired) electrons. The number of aromatic amines is 1. The lowest BCUT2D eigenvalue weighted by molar-refractivity contribution is 0.415. The summed E-state index contributed by atoms with van der Waals surface area (Å²) in [6.07, 6.45) is 2.85. The maximum absolute atomic E-state index is 5.72. The highest BCUT2D eigenvalue weighted by molar-refractivity contribution is 5.59. The van der Waals surface area contributed by atoms with Gasteiger partial charge in [-0.3, -0.25) is 0 Å². The van der Waals surface area contributed by atoms with Gasteiger partial charge in [-0.05, 0) is 36.2 Å². The predicted molar refractivity (Wildman–Crippen MR) is 72.7 cm³/mol. The Bertz CT molecular complexity index is 486. The molecule has 2 rings (SSSR count). The molecule has 0 aliphatic carbocycles. The Morgan fingerprint density at radius 3 is 2.61 bits per heavy atom. The quantitative estimate of drug-likeness (QED) is 0.850. The summed E-state index contributed by atoms with van der Waals surface area (Å²) >= 11 is 0. The topological polar surface area (TPSA) is 63.9 Å². The van der Waals surface area contributed by atoms with Crippen molar-refractivity contribution in [3.63, 3.8) is 0 Å². The van der Waals surface area contributed by atoms with E-state index in [1.54, 1.807) is 7.11 Å². The molecule has 0 aliphatic heterocycles. The lowest BCUT2D eigenvalue weighted by atomic mass is 10.1. The van der Waals surface area contributed by atoms with Gasteiger partial charge in [-0.1, -0.05) is 6.92 Å². The fourth-order valence-corrected chi connectivity index (χ4v) is 1.93. The molecule has 1 aromatic carbocycles. The van der Waals surface area contributed by atoms with E-state index in [1.165, 1.54) is 0 Å². The average molecular weight is 245 g/mol. The Hall–Kier alpha value is -1.81. The van der Waals surface area contributed by atoms with Crippen LogP contribution < -0.4 is 10.5 Å². The van der Waals surface area contributed by atoms with Crippen molar-refractivity contribution < 1.29 is 4.74 Å². The third kappa shape index (κ3) is 2.54. The van der Waals surface area contributed by atoms with Gasteiger partial charge < -0.3 is 15.5 Å². The van der Waals surface area contributed by atoms with Crippen LogP contribution in [-0.4, -0.2) is 23.6 Å². The van der Waals surface area contributed by atoms with E-state index in [-0.39, 0.29) is 0 Å². The Morgan fingerprint density at radius 2 is 2.06 bits per heavy atom. The summed E-state index contributed by atoms with van der Waals surface area (Å²) in [6.45, 7) is 2.74. The van der Waals surface area contributed by atoms with Crippen molar-refractivity contribution in [1.82, 2.24) is 9.97 Å². The fourth-order valence-electron chi connectivity index (χ4n) is 1.93. The van der Waals surface area contributed by atoms with Gasteiger partial charge >= 0.3 is 0 Å². The molecule has 3 N–H and O–H groups in total. The molecule has 1 aromatic heterocycles. The highest BCUT2D eigenvalue weighted by Crippen LogP contribution is 2.23. The van der Waals surface area contributed by atoms with Gasteiger partial charge in [0.1, 0.15) is 11.6 Å². The zero-order chi connectivity index (χ0) is 13.0. The van der Waals surface area contributed by atoms with Gasteiger partial charge in [0.15, 0.2) is 0 Å². The second kappa shape index (κ2) is 5.69. The second-order valence-corrected chi connectivity index (χ2v) is 4.25. The number of methoxy groups -OCH3 is 1. The van der Waals surface area contributed by atoms with E-state index < -0.39 is 0 Å². The highest BCUT2D eigenvalue weighted by atomic mass is 16.5. The summed E-state index contributed by atoms with van der Waals surface area (Å²) in [7, 11) is 1.66. The molecule has 0 spiro atoms. The van der Waals surface area contributed by atoms with Crippen LogP contribution in [0.25, 0.3) is 11.3 Å². The number of imidazole rings is 1. The van der Waals surface area contributed by atoms with E-state index in [9.17, 15) is 0 Å². The van der Waals surface area contributed by atoms with Crippen LogP contribution in [0.15, 0.2) is 30.5 Å². The Labute approximate surface area is 107 Å². The first-order valence-corrected chi connectivity index (χ1v) is 6.17. The number of aromatic nitrogens is 2. The van der Waals surface area contributed by atoms with Gasteiger partial charge in [0.2, 0.25) is 0 Å². The number of rotatable bonds is 5. The van der Waals surface area contributed by atoms with Crippen LogP contribution in [0.2, 0.25) is 0 Å². The fraction of sp³-hybridized carbons (Fsp3) is 0.357. The number of nitrogens with one attached hydrogen (secondary N) is 1. The van der Waals surface area contributed by atoms with E-state index >= 15 is 0 Å². The smallest absolute Gasteiger partial charge is 0.118 e. The lowest BCUT2D eigenvalue weighted by Crippen LogP contribution is -2.12. The minimum Gasteiger partial charge on any atom is -0.497 e. The first kappa shape index (κ1) is 12.6. The molecule has 4 nitrogen and oxygen atoms in total. The molecule has 1 atom stereocenters. The summed E-state index contributed by atoms with van der Waals surface area (Å²) in [5.41, 5.74) is 7.84. The molecule has 0 saturated carbocycles. The van der Waals surface area contributed by atoms with Crippen molar-refractivity contribution in [2.24, 2.45) is 5.73 Å². The monoisotopic (exact) mass is 245 g/mol. The molecule has 18 heavy (non-hydrogen) atoms. The molecule has 1 heterocycles. The number of benzene rings is 1.